The number of aromatic nitrogens is 2. The molecule has 0 bridgehead atoms. The molecule has 2 amide bonds. The SMILES string of the molecule is CCOc1ccc(C2NC(=O)N(CC(C)C)C(C)=C2c2nc(-c3ccc(Cl)cc3)no2)cc1. The number of allylic oxidation sites excluding steroid dienone is 1. The van der Waals surface area contributed by atoms with Gasteiger partial charge in [-0.05, 0) is 61.7 Å². The van der Waals surface area contributed by atoms with Crippen molar-refractivity contribution in [1.29, 1.82) is 0 Å². The molecule has 0 saturated carbocycles. The average Bonchev–Trinajstić information content (AvgIpc) is 3.27. The minimum atomic E-state index is -0.435. The highest BCUT2D eigenvalue weighted by Gasteiger charge is 2.36. The Hall–Kier alpha value is -3.32. The van der Waals surface area contributed by atoms with Crippen molar-refractivity contribution in [2.24, 2.45) is 5.92 Å². The van der Waals surface area contributed by atoms with Gasteiger partial charge in [0.1, 0.15) is 5.75 Å². The van der Waals surface area contributed by atoms with Crippen LogP contribution >= 0.6 is 11.6 Å². The van der Waals surface area contributed by atoms with Crippen LogP contribution in [0.5, 0.6) is 5.75 Å². The lowest BCUT2D eigenvalue weighted by Gasteiger charge is -2.36. The fourth-order valence-electron chi connectivity index (χ4n) is 3.87. The van der Waals surface area contributed by atoms with Gasteiger partial charge < -0.3 is 14.6 Å². The van der Waals surface area contributed by atoms with E-state index in [4.69, 9.17) is 20.9 Å². The summed E-state index contributed by atoms with van der Waals surface area (Å²) in [6, 6.07) is 14.3. The minimum Gasteiger partial charge on any atom is -0.494 e. The van der Waals surface area contributed by atoms with Crippen LogP contribution in [-0.2, 0) is 0 Å². The van der Waals surface area contributed by atoms with Gasteiger partial charge in [-0.15, -0.1) is 0 Å². The summed E-state index contributed by atoms with van der Waals surface area (Å²) >= 11 is 6.01. The first kappa shape index (κ1) is 22.9. The molecule has 0 spiro atoms. The molecule has 0 fully saturated rings. The van der Waals surface area contributed by atoms with Gasteiger partial charge in [-0.1, -0.05) is 42.7 Å². The number of nitrogens with one attached hydrogen (secondary N) is 1. The van der Waals surface area contributed by atoms with Crippen molar-refractivity contribution >= 4 is 23.2 Å². The molecule has 1 N–H and O–H groups in total. The van der Waals surface area contributed by atoms with Crippen molar-refractivity contribution in [3.8, 4) is 17.1 Å². The molecular formula is C25H27ClN4O3. The molecular weight excluding hydrogens is 440 g/mol. The highest BCUT2D eigenvalue weighted by molar-refractivity contribution is 6.30. The van der Waals surface area contributed by atoms with Gasteiger partial charge in [-0.25, -0.2) is 4.79 Å². The van der Waals surface area contributed by atoms with Crippen LogP contribution in [0.4, 0.5) is 4.79 Å². The topological polar surface area (TPSA) is 80.5 Å². The van der Waals surface area contributed by atoms with Crippen LogP contribution in [-0.4, -0.2) is 34.2 Å². The second-order valence-electron chi connectivity index (χ2n) is 8.32. The number of urea groups is 1. The van der Waals surface area contributed by atoms with Gasteiger partial charge in [0.15, 0.2) is 0 Å². The predicted octanol–water partition coefficient (Wildman–Crippen LogP) is 5.94. The highest BCUT2D eigenvalue weighted by atomic mass is 35.5. The molecule has 2 aromatic carbocycles. The van der Waals surface area contributed by atoms with E-state index in [1.165, 1.54) is 0 Å². The van der Waals surface area contributed by atoms with Crippen molar-refractivity contribution in [2.75, 3.05) is 13.2 Å². The van der Waals surface area contributed by atoms with E-state index in [2.05, 4.69) is 29.3 Å². The molecule has 3 aromatic rings. The molecule has 1 aromatic heterocycles. The van der Waals surface area contributed by atoms with Crippen molar-refractivity contribution in [2.45, 2.75) is 33.7 Å². The van der Waals surface area contributed by atoms with E-state index in [-0.39, 0.29) is 6.03 Å². The molecule has 33 heavy (non-hydrogen) atoms. The molecule has 0 radical (unpaired) electrons. The summed E-state index contributed by atoms with van der Waals surface area (Å²) in [4.78, 5) is 19.4. The maximum atomic E-state index is 13.0. The second-order valence-corrected chi connectivity index (χ2v) is 8.75. The van der Waals surface area contributed by atoms with Gasteiger partial charge in [0.25, 0.3) is 5.89 Å². The quantitative estimate of drug-likeness (QED) is 0.466. The lowest BCUT2D eigenvalue weighted by molar-refractivity contribution is 0.199. The second kappa shape index (κ2) is 9.67. The van der Waals surface area contributed by atoms with Crippen LogP contribution in [0.2, 0.25) is 5.02 Å². The summed E-state index contributed by atoms with van der Waals surface area (Å²) in [6.07, 6.45) is 0. The smallest absolute Gasteiger partial charge is 0.322 e. The number of nitrogens with zero attached hydrogens (tertiary/aromatic N) is 3. The maximum absolute atomic E-state index is 13.0. The monoisotopic (exact) mass is 466 g/mol. The zero-order valence-electron chi connectivity index (χ0n) is 19.1. The maximum Gasteiger partial charge on any atom is 0.322 e. The van der Waals surface area contributed by atoms with E-state index >= 15 is 0 Å². The summed E-state index contributed by atoms with van der Waals surface area (Å²) < 4.78 is 11.3. The Morgan fingerprint density at radius 1 is 1.15 bits per heavy atom. The Morgan fingerprint density at radius 2 is 1.85 bits per heavy atom. The molecule has 0 aliphatic carbocycles. The first-order valence-corrected chi connectivity index (χ1v) is 11.4. The Kier molecular flexibility index (Phi) is 6.70. The third-order valence-electron chi connectivity index (χ3n) is 5.43. The number of hydrogen-bond acceptors (Lipinski definition) is 5. The molecule has 7 nitrogen and oxygen atoms in total. The van der Waals surface area contributed by atoms with Gasteiger partial charge >= 0.3 is 6.03 Å². The third kappa shape index (κ3) is 4.88. The third-order valence-corrected chi connectivity index (χ3v) is 5.68. The van der Waals surface area contributed by atoms with Gasteiger partial charge in [0.05, 0.1) is 18.2 Å². The number of carbonyl (C=O) groups is 1. The fourth-order valence-corrected chi connectivity index (χ4v) is 3.99. The van der Waals surface area contributed by atoms with Crippen LogP contribution in [0.15, 0.2) is 58.8 Å². The number of amides is 2. The van der Waals surface area contributed by atoms with Crippen molar-refractivity contribution in [3.05, 3.63) is 70.7 Å². The molecule has 4 rings (SSSR count). The summed E-state index contributed by atoms with van der Waals surface area (Å²) in [5.74, 6) is 1.89. The minimum absolute atomic E-state index is 0.152. The van der Waals surface area contributed by atoms with E-state index < -0.39 is 6.04 Å². The molecule has 1 aliphatic rings. The molecule has 0 saturated heterocycles. The van der Waals surface area contributed by atoms with Gasteiger partial charge in [0, 0.05) is 22.8 Å². The highest BCUT2D eigenvalue weighted by Crippen LogP contribution is 2.38. The van der Waals surface area contributed by atoms with E-state index in [9.17, 15) is 4.79 Å². The van der Waals surface area contributed by atoms with E-state index in [0.29, 0.717) is 35.8 Å². The first-order valence-electron chi connectivity index (χ1n) is 11.0. The Balaban J connectivity index is 1.77. The summed E-state index contributed by atoms with van der Waals surface area (Å²) in [5.41, 5.74) is 3.26. The van der Waals surface area contributed by atoms with Crippen LogP contribution in [0.3, 0.4) is 0 Å². The number of benzene rings is 2. The van der Waals surface area contributed by atoms with Gasteiger partial charge in [-0.2, -0.15) is 4.98 Å². The van der Waals surface area contributed by atoms with E-state index in [1.807, 2.05) is 50.2 Å². The molecule has 1 aliphatic heterocycles. The van der Waals surface area contributed by atoms with Crippen LogP contribution in [0, 0.1) is 5.92 Å². The van der Waals surface area contributed by atoms with E-state index in [0.717, 1.165) is 28.1 Å². The van der Waals surface area contributed by atoms with Crippen molar-refractivity contribution < 1.29 is 14.1 Å². The predicted molar refractivity (Wildman–Crippen MR) is 128 cm³/mol. The number of rotatable bonds is 7. The normalized spacial score (nSPS) is 16.4. The zero-order valence-corrected chi connectivity index (χ0v) is 19.9. The summed E-state index contributed by atoms with van der Waals surface area (Å²) in [5, 5.41) is 7.94. The fraction of sp³-hybridized carbons (Fsp3) is 0.320. The van der Waals surface area contributed by atoms with E-state index in [1.54, 1.807) is 17.0 Å². The summed E-state index contributed by atoms with van der Waals surface area (Å²) in [6.45, 7) is 9.17. The Labute approximate surface area is 198 Å². The molecule has 172 valence electrons. The lowest BCUT2D eigenvalue weighted by atomic mass is 9.94. The van der Waals surface area contributed by atoms with Gasteiger partial charge in [0.2, 0.25) is 5.82 Å². The zero-order chi connectivity index (χ0) is 23.5. The lowest BCUT2D eigenvalue weighted by Crippen LogP contribution is -2.47. The number of ether oxygens (including phenoxy) is 1. The van der Waals surface area contributed by atoms with Crippen molar-refractivity contribution in [3.63, 3.8) is 0 Å². The van der Waals surface area contributed by atoms with Crippen molar-refractivity contribution in [1.82, 2.24) is 20.4 Å². The molecule has 2 heterocycles. The molecule has 1 unspecified atom stereocenters. The van der Waals surface area contributed by atoms with Crippen LogP contribution in [0.25, 0.3) is 17.0 Å². The van der Waals surface area contributed by atoms with Gasteiger partial charge in [-0.3, -0.25) is 4.90 Å². The molecule has 1 atom stereocenters. The number of hydrogen-bond donors (Lipinski definition) is 1. The largest absolute Gasteiger partial charge is 0.494 e. The Morgan fingerprint density at radius 3 is 2.48 bits per heavy atom. The summed E-state index contributed by atoms with van der Waals surface area (Å²) in [7, 11) is 0. The standard InChI is InChI=1S/C25H27ClN4O3/c1-5-32-20-12-8-17(9-13-20)22-21(16(4)30(14-15(2)3)25(31)27-22)24-28-23(29-33-24)18-6-10-19(26)11-7-18/h6-13,15,22H,5,14H2,1-4H3,(H,27,31). The average molecular weight is 467 g/mol. The molecule has 8 heteroatoms. The van der Waals surface area contributed by atoms with Crippen LogP contribution in [0.1, 0.15) is 45.2 Å². The number of halogens is 1. The Bertz CT molecular complexity index is 1150. The van der Waals surface area contributed by atoms with Crippen LogP contribution < -0.4 is 10.1 Å². The first-order chi connectivity index (χ1) is 15.9. The number of carbonyl (C=O) groups excluding carboxylic acids is 1.